The van der Waals surface area contributed by atoms with E-state index in [0.29, 0.717) is 47.2 Å². The zero-order valence-electron chi connectivity index (χ0n) is 19.4. The van der Waals surface area contributed by atoms with E-state index in [1.54, 1.807) is 9.47 Å². The first-order chi connectivity index (χ1) is 15.7. The summed E-state index contributed by atoms with van der Waals surface area (Å²) in [5.74, 6) is 0.660. The molecule has 0 aliphatic carbocycles. The predicted molar refractivity (Wildman–Crippen MR) is 133 cm³/mol. The van der Waals surface area contributed by atoms with Crippen LogP contribution in [0.2, 0.25) is 5.02 Å². The number of carbonyl (C=O) groups excluding carboxylic acids is 1. The second-order valence-electron chi connectivity index (χ2n) is 8.72. The fraction of sp³-hybridized carbons (Fsp3) is 0.360. The number of fused-ring (bicyclic) bond motifs is 1. The monoisotopic (exact) mass is 465 g/mol. The highest BCUT2D eigenvalue weighted by molar-refractivity contribution is 6.32. The molecule has 172 valence electrons. The van der Waals surface area contributed by atoms with Gasteiger partial charge in [0, 0.05) is 25.7 Å². The molecule has 0 bridgehead atoms. The lowest BCUT2D eigenvalue weighted by Crippen LogP contribution is -2.54. The zero-order chi connectivity index (χ0) is 23.9. The van der Waals surface area contributed by atoms with Crippen LogP contribution < -0.4 is 10.6 Å². The average Bonchev–Trinajstić information content (AvgIpc) is 2.79. The smallest absolute Gasteiger partial charge is 0.350 e. The standard InChI is InChI=1S/C25H28ClN5O2/c1-6-22(32)29-11-12-30(16(4)14-29)23-19-13-20(26)17(5)27-24(19)31(25(33)28-23)21-10-8-7-9-18(21)15(2)3/h6-10,13,15-16H,1,11-12,14H2,2-5H3/t16-/m0/s1. The summed E-state index contributed by atoms with van der Waals surface area (Å²) >= 11 is 6.48. The summed E-state index contributed by atoms with van der Waals surface area (Å²) in [4.78, 5) is 38.6. The van der Waals surface area contributed by atoms with Gasteiger partial charge in [-0.1, -0.05) is 50.2 Å². The molecule has 1 amide bonds. The number of rotatable bonds is 4. The topological polar surface area (TPSA) is 71.3 Å². The second kappa shape index (κ2) is 8.98. The van der Waals surface area contributed by atoms with Crippen molar-refractivity contribution in [3.05, 3.63) is 69.8 Å². The summed E-state index contributed by atoms with van der Waals surface area (Å²) in [7, 11) is 0. The number of aryl methyl sites for hydroxylation is 1. The Balaban J connectivity index is 1.93. The van der Waals surface area contributed by atoms with Crippen molar-refractivity contribution in [2.75, 3.05) is 24.5 Å². The molecule has 1 aliphatic heterocycles. The normalized spacial score (nSPS) is 16.5. The zero-order valence-corrected chi connectivity index (χ0v) is 20.1. The van der Waals surface area contributed by atoms with Crippen LogP contribution in [0.1, 0.15) is 37.9 Å². The van der Waals surface area contributed by atoms with Gasteiger partial charge in [0.05, 0.1) is 21.8 Å². The fourth-order valence-electron chi connectivity index (χ4n) is 4.41. The SMILES string of the molecule is C=CC(=O)N1CCN(c2nc(=O)n(-c3ccccc3C(C)C)c3nc(C)c(Cl)cc23)[C@@H](C)C1. The van der Waals surface area contributed by atoms with E-state index in [1.807, 2.05) is 44.2 Å². The third kappa shape index (κ3) is 4.13. The summed E-state index contributed by atoms with van der Waals surface area (Å²) in [5, 5.41) is 1.22. The van der Waals surface area contributed by atoms with Crippen LogP contribution in [0.3, 0.4) is 0 Å². The molecular formula is C25H28ClN5O2. The van der Waals surface area contributed by atoms with Crippen LogP contribution in [0.25, 0.3) is 16.7 Å². The minimum absolute atomic E-state index is 0.0448. The first-order valence-corrected chi connectivity index (χ1v) is 11.5. The Bertz CT molecular complexity index is 1300. The molecular weight excluding hydrogens is 438 g/mol. The number of nitrogens with zero attached hydrogens (tertiary/aromatic N) is 5. The Hall–Kier alpha value is -3.19. The van der Waals surface area contributed by atoms with Crippen LogP contribution in [-0.4, -0.2) is 51.0 Å². The summed E-state index contributed by atoms with van der Waals surface area (Å²) in [6.45, 7) is 13.2. The van der Waals surface area contributed by atoms with Crippen LogP contribution in [0, 0.1) is 6.92 Å². The van der Waals surface area contributed by atoms with Gasteiger partial charge in [0.15, 0.2) is 5.65 Å². The minimum Gasteiger partial charge on any atom is -0.350 e. The molecule has 4 rings (SSSR count). The fourth-order valence-corrected chi connectivity index (χ4v) is 4.56. The molecule has 1 atom stereocenters. The molecule has 1 aromatic carbocycles. The van der Waals surface area contributed by atoms with E-state index in [4.69, 9.17) is 16.6 Å². The van der Waals surface area contributed by atoms with Crippen molar-refractivity contribution in [2.24, 2.45) is 0 Å². The Kier molecular flexibility index (Phi) is 6.26. The maximum absolute atomic E-state index is 13.5. The average molecular weight is 466 g/mol. The van der Waals surface area contributed by atoms with Crippen molar-refractivity contribution < 1.29 is 4.79 Å². The summed E-state index contributed by atoms with van der Waals surface area (Å²) in [6, 6.07) is 9.61. The number of carbonyl (C=O) groups is 1. The van der Waals surface area contributed by atoms with Crippen molar-refractivity contribution in [2.45, 2.75) is 39.7 Å². The van der Waals surface area contributed by atoms with E-state index < -0.39 is 5.69 Å². The number of anilines is 1. The third-order valence-corrected chi connectivity index (χ3v) is 6.54. The maximum atomic E-state index is 13.5. The van der Waals surface area contributed by atoms with Crippen LogP contribution in [-0.2, 0) is 4.79 Å². The van der Waals surface area contributed by atoms with Crippen molar-refractivity contribution in [3.63, 3.8) is 0 Å². The largest absolute Gasteiger partial charge is 0.355 e. The number of piperazine rings is 1. The summed E-state index contributed by atoms with van der Waals surface area (Å²) < 4.78 is 1.58. The molecule has 0 saturated carbocycles. The molecule has 0 radical (unpaired) electrons. The van der Waals surface area contributed by atoms with Crippen molar-refractivity contribution >= 4 is 34.4 Å². The molecule has 7 nitrogen and oxygen atoms in total. The Morgan fingerprint density at radius 3 is 2.64 bits per heavy atom. The number of halogens is 1. The van der Waals surface area contributed by atoms with E-state index >= 15 is 0 Å². The highest BCUT2D eigenvalue weighted by Crippen LogP contribution is 2.31. The van der Waals surface area contributed by atoms with Gasteiger partial charge >= 0.3 is 5.69 Å². The third-order valence-electron chi connectivity index (χ3n) is 6.16. The first-order valence-electron chi connectivity index (χ1n) is 11.1. The van der Waals surface area contributed by atoms with Crippen molar-refractivity contribution in [3.8, 4) is 5.69 Å². The highest BCUT2D eigenvalue weighted by atomic mass is 35.5. The molecule has 0 unspecified atom stereocenters. The van der Waals surface area contributed by atoms with Gasteiger partial charge in [0.2, 0.25) is 5.91 Å². The molecule has 8 heteroatoms. The number of benzene rings is 1. The van der Waals surface area contributed by atoms with Crippen molar-refractivity contribution in [1.82, 2.24) is 19.4 Å². The van der Waals surface area contributed by atoms with Gasteiger partial charge in [0.1, 0.15) is 5.82 Å². The van der Waals surface area contributed by atoms with E-state index in [1.165, 1.54) is 6.08 Å². The predicted octanol–water partition coefficient (Wildman–Crippen LogP) is 4.09. The van der Waals surface area contributed by atoms with Crippen LogP contribution >= 0.6 is 11.6 Å². The number of aromatic nitrogens is 3. The van der Waals surface area contributed by atoms with E-state index in [2.05, 4.69) is 30.3 Å². The number of para-hydroxylation sites is 1. The van der Waals surface area contributed by atoms with Gasteiger partial charge in [-0.05, 0) is 43.5 Å². The lowest BCUT2D eigenvalue weighted by Gasteiger charge is -2.40. The van der Waals surface area contributed by atoms with Gasteiger partial charge in [-0.25, -0.2) is 14.3 Å². The molecule has 0 N–H and O–H groups in total. The summed E-state index contributed by atoms with van der Waals surface area (Å²) in [5.41, 5.74) is 2.58. The van der Waals surface area contributed by atoms with Gasteiger partial charge in [-0.3, -0.25) is 4.79 Å². The molecule has 1 saturated heterocycles. The molecule has 0 spiro atoms. The second-order valence-corrected chi connectivity index (χ2v) is 9.13. The lowest BCUT2D eigenvalue weighted by atomic mass is 10.0. The maximum Gasteiger partial charge on any atom is 0.355 e. The van der Waals surface area contributed by atoms with Crippen LogP contribution in [0.5, 0.6) is 0 Å². The quantitative estimate of drug-likeness (QED) is 0.543. The van der Waals surface area contributed by atoms with Crippen LogP contribution in [0.4, 0.5) is 5.82 Å². The van der Waals surface area contributed by atoms with E-state index in [0.717, 1.165) is 11.3 Å². The van der Waals surface area contributed by atoms with Gasteiger partial charge in [0.25, 0.3) is 0 Å². The number of pyridine rings is 1. The minimum atomic E-state index is -0.392. The van der Waals surface area contributed by atoms with Gasteiger partial charge in [-0.2, -0.15) is 4.98 Å². The Morgan fingerprint density at radius 2 is 1.97 bits per heavy atom. The molecule has 3 aromatic rings. The van der Waals surface area contributed by atoms with Gasteiger partial charge < -0.3 is 9.80 Å². The number of amides is 1. The van der Waals surface area contributed by atoms with Crippen LogP contribution in [0.15, 0.2) is 47.8 Å². The Morgan fingerprint density at radius 1 is 1.24 bits per heavy atom. The molecule has 1 fully saturated rings. The Labute approximate surface area is 198 Å². The molecule has 2 aromatic heterocycles. The number of hydrogen-bond acceptors (Lipinski definition) is 5. The number of hydrogen-bond donors (Lipinski definition) is 0. The molecule has 33 heavy (non-hydrogen) atoms. The van der Waals surface area contributed by atoms with Crippen molar-refractivity contribution in [1.29, 1.82) is 0 Å². The molecule has 3 heterocycles. The first kappa shape index (κ1) is 23.0. The van der Waals surface area contributed by atoms with E-state index in [-0.39, 0.29) is 17.9 Å². The van der Waals surface area contributed by atoms with Gasteiger partial charge in [-0.15, -0.1) is 0 Å². The molecule has 1 aliphatic rings. The highest BCUT2D eigenvalue weighted by Gasteiger charge is 2.29. The summed E-state index contributed by atoms with van der Waals surface area (Å²) in [6.07, 6.45) is 1.33. The van der Waals surface area contributed by atoms with E-state index in [9.17, 15) is 9.59 Å². The lowest BCUT2D eigenvalue weighted by molar-refractivity contribution is -0.126.